The van der Waals surface area contributed by atoms with Crippen LogP contribution in [0.25, 0.3) is 0 Å². The Bertz CT molecular complexity index is 1230. The van der Waals surface area contributed by atoms with E-state index in [1.165, 1.54) is 6.20 Å². The lowest BCUT2D eigenvalue weighted by Gasteiger charge is -2.25. The van der Waals surface area contributed by atoms with Crippen LogP contribution >= 0.6 is 0 Å². The first kappa shape index (κ1) is 21.2. The van der Waals surface area contributed by atoms with Crippen LogP contribution in [0.2, 0.25) is 0 Å². The van der Waals surface area contributed by atoms with E-state index >= 15 is 0 Å². The van der Waals surface area contributed by atoms with Crippen LogP contribution in [0.1, 0.15) is 40.0 Å². The van der Waals surface area contributed by atoms with Crippen molar-refractivity contribution in [2.75, 3.05) is 17.2 Å². The third-order valence-electron chi connectivity index (χ3n) is 5.41. The van der Waals surface area contributed by atoms with Crippen molar-refractivity contribution in [3.63, 3.8) is 0 Å². The molecule has 0 saturated heterocycles. The maximum Gasteiger partial charge on any atom is 0.352 e. The van der Waals surface area contributed by atoms with Crippen LogP contribution in [0, 0.1) is 13.8 Å². The van der Waals surface area contributed by atoms with Crippen LogP contribution in [0.5, 0.6) is 5.75 Å². The van der Waals surface area contributed by atoms with Gasteiger partial charge in [-0.25, -0.2) is 9.48 Å². The van der Waals surface area contributed by atoms with Gasteiger partial charge in [-0.3, -0.25) is 4.79 Å². The molecule has 0 radical (unpaired) electrons. The Morgan fingerprint density at radius 3 is 2.69 bits per heavy atom. The van der Waals surface area contributed by atoms with Crippen molar-refractivity contribution >= 4 is 23.4 Å². The Kier molecular flexibility index (Phi) is 5.68. The maximum atomic E-state index is 13.0. The first-order valence-electron chi connectivity index (χ1n) is 10.3. The van der Waals surface area contributed by atoms with Crippen molar-refractivity contribution in [2.45, 2.75) is 26.8 Å². The zero-order valence-electron chi connectivity index (χ0n) is 18.0. The maximum absolute atomic E-state index is 13.0. The van der Waals surface area contributed by atoms with Crippen molar-refractivity contribution in [1.82, 2.24) is 9.78 Å². The summed E-state index contributed by atoms with van der Waals surface area (Å²) < 4.78 is 7.33. The van der Waals surface area contributed by atoms with E-state index in [9.17, 15) is 14.7 Å². The fourth-order valence-electron chi connectivity index (χ4n) is 3.64. The predicted octanol–water partition coefficient (Wildman–Crippen LogP) is 4.13. The number of hydrogen-bond donors (Lipinski definition) is 3. The summed E-state index contributed by atoms with van der Waals surface area (Å²) in [5.74, 6) is -0.574. The molecule has 32 heavy (non-hydrogen) atoms. The second-order valence-corrected chi connectivity index (χ2v) is 7.53. The summed E-state index contributed by atoms with van der Waals surface area (Å²) in [5, 5.41) is 19.8. The van der Waals surface area contributed by atoms with Crippen LogP contribution in [0.3, 0.4) is 0 Å². The van der Waals surface area contributed by atoms with Crippen LogP contribution in [0.4, 0.5) is 11.5 Å². The highest BCUT2D eigenvalue weighted by molar-refractivity contribution is 6.08. The van der Waals surface area contributed by atoms with Crippen LogP contribution in [0.15, 0.2) is 60.4 Å². The first-order valence-corrected chi connectivity index (χ1v) is 10.3. The normalized spacial score (nSPS) is 14.7. The molecule has 3 aromatic rings. The number of aromatic nitrogens is 2. The minimum Gasteiger partial charge on any atom is -0.494 e. The van der Waals surface area contributed by atoms with Gasteiger partial charge < -0.3 is 20.5 Å². The molecule has 0 fully saturated rings. The molecule has 3 N–H and O–H groups in total. The lowest BCUT2D eigenvalue weighted by Crippen LogP contribution is -2.26. The standard InChI is InChI=1S/C24H24N4O4/c1-4-32-21-8-6-5-7-17(21)20-12-19(24(30)31)27-22-18(13-25-28(20)22)23(29)26-16-10-9-14(2)15(3)11-16/h5-13,20,27H,4H2,1-3H3,(H,26,29)(H,30,31)/t20-/m1/s1. The number of carbonyl (C=O) groups excluding carboxylic acids is 1. The Hall–Kier alpha value is -4.07. The van der Waals surface area contributed by atoms with Gasteiger partial charge in [0.25, 0.3) is 5.91 Å². The molecule has 2 heterocycles. The van der Waals surface area contributed by atoms with Crippen molar-refractivity contribution in [2.24, 2.45) is 0 Å². The zero-order valence-corrected chi connectivity index (χ0v) is 18.0. The lowest BCUT2D eigenvalue weighted by atomic mass is 10.0. The number of carboxylic acid groups (broad SMARTS) is 1. The molecule has 1 aliphatic rings. The van der Waals surface area contributed by atoms with Crippen molar-refractivity contribution < 1.29 is 19.4 Å². The number of amides is 1. The van der Waals surface area contributed by atoms with Crippen molar-refractivity contribution in [3.8, 4) is 5.75 Å². The number of allylic oxidation sites excluding steroid dienone is 1. The van der Waals surface area contributed by atoms with Gasteiger partial charge in [0.2, 0.25) is 0 Å². The number of anilines is 2. The minimum absolute atomic E-state index is 0.0328. The number of benzene rings is 2. The first-order chi connectivity index (χ1) is 15.4. The number of para-hydroxylation sites is 1. The van der Waals surface area contributed by atoms with Gasteiger partial charge in [-0.05, 0) is 56.2 Å². The average Bonchev–Trinajstić information content (AvgIpc) is 3.20. The van der Waals surface area contributed by atoms with Gasteiger partial charge in [0, 0.05) is 11.3 Å². The van der Waals surface area contributed by atoms with Crippen LogP contribution in [-0.2, 0) is 4.79 Å². The third-order valence-corrected chi connectivity index (χ3v) is 5.41. The number of fused-ring (bicyclic) bond motifs is 1. The topological polar surface area (TPSA) is 105 Å². The molecule has 0 unspecified atom stereocenters. The number of carbonyl (C=O) groups is 2. The average molecular weight is 432 g/mol. The van der Waals surface area contributed by atoms with Crippen molar-refractivity contribution in [3.05, 3.63) is 82.7 Å². The number of rotatable bonds is 6. The molecule has 1 aromatic heterocycles. The van der Waals surface area contributed by atoms with Gasteiger partial charge in [0.05, 0.1) is 12.8 Å². The van der Waals surface area contributed by atoms with E-state index in [2.05, 4.69) is 15.7 Å². The molecule has 4 rings (SSSR count). The molecule has 0 saturated carbocycles. The summed E-state index contributed by atoms with van der Waals surface area (Å²) in [4.78, 5) is 24.9. The number of hydrogen-bond acceptors (Lipinski definition) is 5. The third kappa shape index (κ3) is 3.94. The smallest absolute Gasteiger partial charge is 0.352 e. The molecule has 1 amide bonds. The van der Waals surface area contributed by atoms with E-state index in [1.807, 2.05) is 63.2 Å². The highest BCUT2D eigenvalue weighted by atomic mass is 16.5. The minimum atomic E-state index is -1.13. The summed E-state index contributed by atoms with van der Waals surface area (Å²) in [6, 6.07) is 12.5. The largest absolute Gasteiger partial charge is 0.494 e. The van der Waals surface area contributed by atoms with E-state index in [4.69, 9.17) is 4.74 Å². The zero-order chi connectivity index (χ0) is 22.8. The molecule has 8 heteroatoms. The van der Waals surface area contributed by atoms with Gasteiger partial charge >= 0.3 is 5.97 Å². The Morgan fingerprint density at radius 1 is 1.19 bits per heavy atom. The molecule has 2 aromatic carbocycles. The number of nitrogens with one attached hydrogen (secondary N) is 2. The summed E-state index contributed by atoms with van der Waals surface area (Å²) in [5.41, 5.74) is 3.80. The fourth-order valence-corrected chi connectivity index (χ4v) is 3.64. The molecule has 1 atom stereocenters. The molecular formula is C24H24N4O4. The SMILES string of the molecule is CCOc1ccccc1[C@H]1C=C(C(=O)O)Nc2c(C(=O)Nc3ccc(C)c(C)c3)cnn21. The van der Waals surface area contributed by atoms with E-state index in [0.29, 0.717) is 23.9 Å². The second-order valence-electron chi connectivity index (χ2n) is 7.53. The summed E-state index contributed by atoms with van der Waals surface area (Å²) in [7, 11) is 0. The highest BCUT2D eigenvalue weighted by Gasteiger charge is 2.30. The van der Waals surface area contributed by atoms with E-state index < -0.39 is 12.0 Å². The van der Waals surface area contributed by atoms with E-state index in [0.717, 1.165) is 16.7 Å². The van der Waals surface area contributed by atoms with Gasteiger partial charge in [0.15, 0.2) is 0 Å². The molecule has 0 bridgehead atoms. The van der Waals surface area contributed by atoms with Gasteiger partial charge in [-0.1, -0.05) is 24.3 Å². The second kappa shape index (κ2) is 8.58. The number of ether oxygens (including phenoxy) is 1. The number of carboxylic acids is 1. The molecule has 0 spiro atoms. The van der Waals surface area contributed by atoms with E-state index in [1.54, 1.807) is 10.8 Å². The quantitative estimate of drug-likeness (QED) is 0.541. The molecular weight excluding hydrogens is 408 g/mol. The molecule has 1 aliphatic heterocycles. The lowest BCUT2D eigenvalue weighted by molar-refractivity contribution is -0.132. The number of nitrogens with zero attached hydrogens (tertiary/aromatic N) is 2. The molecule has 0 aliphatic carbocycles. The van der Waals surface area contributed by atoms with Gasteiger partial charge in [-0.15, -0.1) is 0 Å². The number of aryl methyl sites for hydroxylation is 2. The summed E-state index contributed by atoms with van der Waals surface area (Å²) in [6.45, 7) is 6.32. The Labute approximate surface area is 185 Å². The van der Waals surface area contributed by atoms with Crippen LogP contribution in [-0.4, -0.2) is 33.4 Å². The highest BCUT2D eigenvalue weighted by Crippen LogP contribution is 2.36. The summed E-state index contributed by atoms with van der Waals surface area (Å²) in [6.07, 6.45) is 3.00. The Balaban J connectivity index is 1.73. The van der Waals surface area contributed by atoms with Gasteiger partial charge in [0.1, 0.15) is 28.9 Å². The van der Waals surface area contributed by atoms with Crippen molar-refractivity contribution in [1.29, 1.82) is 0 Å². The summed E-state index contributed by atoms with van der Waals surface area (Å²) >= 11 is 0. The van der Waals surface area contributed by atoms with E-state index in [-0.39, 0.29) is 17.2 Å². The monoisotopic (exact) mass is 432 g/mol. The fraction of sp³-hybridized carbons (Fsp3) is 0.208. The predicted molar refractivity (Wildman–Crippen MR) is 121 cm³/mol. The molecule has 164 valence electrons. The van der Waals surface area contributed by atoms with Crippen LogP contribution < -0.4 is 15.4 Å². The molecule has 8 nitrogen and oxygen atoms in total. The number of aliphatic carboxylic acids is 1. The Morgan fingerprint density at radius 2 is 1.97 bits per heavy atom. The van der Waals surface area contributed by atoms with Gasteiger partial charge in [-0.2, -0.15) is 5.10 Å².